The minimum atomic E-state index is -3.56. The van der Waals surface area contributed by atoms with Crippen LogP contribution in [0.15, 0.2) is 66.3 Å². The van der Waals surface area contributed by atoms with Gasteiger partial charge in [-0.2, -0.15) is 0 Å². The molecule has 0 spiro atoms. The van der Waals surface area contributed by atoms with Gasteiger partial charge in [0, 0.05) is 5.92 Å². The van der Waals surface area contributed by atoms with Gasteiger partial charge in [-0.1, -0.05) is 48.1 Å². The normalized spacial score (nSPS) is 29.6. The first-order valence-corrected chi connectivity index (χ1v) is 11.5. The SMILES string of the molecule is COc1ccc(/C=C/[C@@]2(O)C[C@@H](c3ccc(OC)cc3)[C@H]3C(C)=C[C@@H]2S3(=O)=O)cc1. The molecule has 2 bridgehead atoms. The predicted octanol–water partition coefficient (Wildman–Crippen LogP) is 3.75. The highest BCUT2D eigenvalue weighted by atomic mass is 32.2. The lowest BCUT2D eigenvalue weighted by Crippen LogP contribution is -2.52. The van der Waals surface area contributed by atoms with Crippen molar-refractivity contribution < 1.29 is 23.0 Å². The number of rotatable bonds is 5. The van der Waals surface area contributed by atoms with E-state index in [2.05, 4.69) is 0 Å². The average molecular weight is 427 g/mol. The molecule has 0 aromatic heterocycles. The second-order valence-corrected chi connectivity index (χ2v) is 10.2. The van der Waals surface area contributed by atoms with Crippen LogP contribution in [-0.4, -0.2) is 43.8 Å². The number of fused-ring (bicyclic) bond motifs is 2. The zero-order valence-electron chi connectivity index (χ0n) is 17.3. The first kappa shape index (κ1) is 20.7. The third-order valence-electron chi connectivity index (χ3n) is 6.20. The first-order chi connectivity index (χ1) is 14.3. The highest BCUT2D eigenvalue weighted by Gasteiger charge is 2.58. The van der Waals surface area contributed by atoms with Gasteiger partial charge in [0.2, 0.25) is 0 Å². The average Bonchev–Trinajstić information content (AvgIpc) is 2.91. The van der Waals surface area contributed by atoms with Crippen molar-refractivity contribution in [1.29, 1.82) is 0 Å². The molecule has 0 radical (unpaired) electrons. The highest BCUT2D eigenvalue weighted by molar-refractivity contribution is 7.93. The van der Waals surface area contributed by atoms with E-state index >= 15 is 0 Å². The molecule has 2 aliphatic rings. The van der Waals surface area contributed by atoms with Crippen LogP contribution in [0.5, 0.6) is 11.5 Å². The van der Waals surface area contributed by atoms with Gasteiger partial charge in [0.05, 0.1) is 19.5 Å². The minimum Gasteiger partial charge on any atom is -0.497 e. The highest BCUT2D eigenvalue weighted by Crippen LogP contribution is 2.51. The van der Waals surface area contributed by atoms with Gasteiger partial charge in [0.25, 0.3) is 0 Å². The van der Waals surface area contributed by atoms with Crippen LogP contribution in [-0.2, 0) is 9.84 Å². The maximum Gasteiger partial charge on any atom is 0.167 e. The van der Waals surface area contributed by atoms with Crippen LogP contribution >= 0.6 is 0 Å². The number of methoxy groups -OCH3 is 2. The lowest BCUT2D eigenvalue weighted by atomic mass is 9.82. The number of sulfone groups is 1. The summed E-state index contributed by atoms with van der Waals surface area (Å²) >= 11 is 0. The number of benzene rings is 2. The molecule has 5 nitrogen and oxygen atoms in total. The molecule has 1 N–H and O–H groups in total. The van der Waals surface area contributed by atoms with Gasteiger partial charge < -0.3 is 14.6 Å². The smallest absolute Gasteiger partial charge is 0.167 e. The summed E-state index contributed by atoms with van der Waals surface area (Å²) in [7, 11) is -0.362. The molecule has 6 heteroatoms. The lowest BCUT2D eigenvalue weighted by Gasteiger charge is -2.41. The summed E-state index contributed by atoms with van der Waals surface area (Å²) in [6, 6.07) is 14.8. The van der Waals surface area contributed by atoms with Crippen LogP contribution in [0.3, 0.4) is 0 Å². The van der Waals surface area contributed by atoms with E-state index in [1.165, 1.54) is 0 Å². The Bertz CT molecular complexity index is 1080. The number of hydrogen-bond donors (Lipinski definition) is 1. The maximum atomic E-state index is 13.3. The fraction of sp³-hybridized carbons (Fsp3) is 0.333. The van der Waals surface area contributed by atoms with Crippen LogP contribution in [0.25, 0.3) is 6.08 Å². The Kier molecular flexibility index (Phi) is 5.24. The molecule has 2 aromatic carbocycles. The third kappa shape index (κ3) is 3.44. The Labute approximate surface area is 177 Å². The van der Waals surface area contributed by atoms with Crippen molar-refractivity contribution in [3.63, 3.8) is 0 Å². The van der Waals surface area contributed by atoms with Crippen LogP contribution < -0.4 is 9.47 Å². The molecular formula is C24H26O5S. The van der Waals surface area contributed by atoms with Gasteiger partial charge in [-0.05, 0) is 48.7 Å². The fourth-order valence-corrected chi connectivity index (χ4v) is 7.43. The Balaban J connectivity index is 1.72. The molecule has 0 amide bonds. The standard InChI is InChI=1S/C24H26O5S/c1-16-14-22-24(25,13-12-17-4-8-19(28-2)9-5-17)15-21(23(16)30(22,26)27)18-6-10-20(29-3)11-7-18/h4-14,21-23,25H,15H2,1-3H3/b13-12+/t21-,22-,23+,24+/m0/s1. The van der Waals surface area contributed by atoms with Gasteiger partial charge in [-0.15, -0.1) is 0 Å². The monoisotopic (exact) mass is 426 g/mol. The summed E-state index contributed by atoms with van der Waals surface area (Å²) in [6.07, 6.45) is 5.47. The minimum absolute atomic E-state index is 0.328. The fourth-order valence-electron chi connectivity index (χ4n) is 4.66. The molecule has 0 unspecified atom stereocenters. The number of hydrogen-bond acceptors (Lipinski definition) is 5. The molecule has 0 saturated carbocycles. The first-order valence-electron chi connectivity index (χ1n) is 9.89. The van der Waals surface area contributed by atoms with Crippen LogP contribution in [0.2, 0.25) is 0 Å². The number of ether oxygens (including phenoxy) is 2. The van der Waals surface area contributed by atoms with E-state index in [9.17, 15) is 13.5 Å². The van der Waals surface area contributed by atoms with Gasteiger partial charge in [-0.25, -0.2) is 8.42 Å². The van der Waals surface area contributed by atoms with E-state index in [1.807, 2.05) is 55.5 Å². The van der Waals surface area contributed by atoms with Crippen molar-refractivity contribution in [3.05, 3.63) is 77.4 Å². The van der Waals surface area contributed by atoms with Gasteiger partial charge >= 0.3 is 0 Å². The molecule has 2 aliphatic heterocycles. The molecule has 4 rings (SSSR count). The van der Waals surface area contributed by atoms with Crippen LogP contribution in [0.4, 0.5) is 0 Å². The largest absolute Gasteiger partial charge is 0.497 e. The Morgan fingerprint density at radius 3 is 2.13 bits per heavy atom. The summed E-state index contributed by atoms with van der Waals surface area (Å²) in [6.45, 7) is 1.84. The molecule has 0 aliphatic carbocycles. The molecule has 30 heavy (non-hydrogen) atoms. The van der Waals surface area contributed by atoms with Crippen molar-refractivity contribution in [1.82, 2.24) is 0 Å². The van der Waals surface area contributed by atoms with Crippen LogP contribution in [0, 0.1) is 0 Å². The molecule has 2 aromatic rings. The lowest BCUT2D eigenvalue weighted by molar-refractivity contribution is 0.0768. The third-order valence-corrected chi connectivity index (χ3v) is 8.86. The van der Waals surface area contributed by atoms with Crippen molar-refractivity contribution in [2.24, 2.45) is 0 Å². The van der Waals surface area contributed by atoms with Crippen molar-refractivity contribution in [2.75, 3.05) is 14.2 Å². The van der Waals surface area contributed by atoms with Crippen molar-refractivity contribution in [2.45, 2.75) is 35.4 Å². The summed E-state index contributed by atoms with van der Waals surface area (Å²) in [4.78, 5) is 0. The summed E-state index contributed by atoms with van der Waals surface area (Å²) in [5, 5.41) is 10.0. The second kappa shape index (κ2) is 7.60. The molecule has 2 heterocycles. The molecular weight excluding hydrogens is 400 g/mol. The predicted molar refractivity (Wildman–Crippen MR) is 118 cm³/mol. The van der Waals surface area contributed by atoms with Gasteiger partial charge in [0.15, 0.2) is 9.84 Å². The van der Waals surface area contributed by atoms with Crippen molar-refractivity contribution >= 4 is 15.9 Å². The topological polar surface area (TPSA) is 72.8 Å². The quantitative estimate of drug-likeness (QED) is 0.738. The Hall–Kier alpha value is -2.57. The zero-order valence-corrected chi connectivity index (χ0v) is 18.1. The molecule has 1 saturated heterocycles. The summed E-state index contributed by atoms with van der Waals surface area (Å²) in [5.74, 6) is 1.12. The van der Waals surface area contributed by atoms with E-state index in [1.54, 1.807) is 32.4 Å². The van der Waals surface area contributed by atoms with Crippen molar-refractivity contribution in [3.8, 4) is 11.5 Å². The number of aliphatic hydroxyl groups is 1. The van der Waals surface area contributed by atoms with Crippen LogP contribution in [0.1, 0.15) is 30.4 Å². The van der Waals surface area contributed by atoms with E-state index in [0.717, 1.165) is 22.4 Å². The zero-order chi connectivity index (χ0) is 21.5. The molecule has 1 fully saturated rings. The van der Waals surface area contributed by atoms with E-state index in [-0.39, 0.29) is 5.92 Å². The van der Waals surface area contributed by atoms with E-state index in [0.29, 0.717) is 12.2 Å². The molecule has 158 valence electrons. The summed E-state index contributed by atoms with van der Waals surface area (Å²) in [5.41, 5.74) is 1.06. The van der Waals surface area contributed by atoms with Gasteiger partial charge in [0.1, 0.15) is 22.4 Å². The molecule has 4 atom stereocenters. The second-order valence-electron chi connectivity index (χ2n) is 8.02. The maximum absolute atomic E-state index is 13.3. The summed E-state index contributed by atoms with van der Waals surface area (Å²) < 4.78 is 37.0. The Morgan fingerprint density at radius 1 is 1.00 bits per heavy atom. The van der Waals surface area contributed by atoms with Gasteiger partial charge in [-0.3, -0.25) is 0 Å². The van der Waals surface area contributed by atoms with E-state index < -0.39 is 25.9 Å². The Morgan fingerprint density at radius 2 is 1.57 bits per heavy atom. The van der Waals surface area contributed by atoms with E-state index in [4.69, 9.17) is 9.47 Å².